The van der Waals surface area contributed by atoms with Gasteiger partial charge in [-0.15, -0.1) is 11.3 Å². The number of rotatable bonds is 1. The molecule has 0 aliphatic heterocycles. The minimum absolute atomic E-state index is 0.676. The van der Waals surface area contributed by atoms with Crippen molar-refractivity contribution >= 4 is 17.0 Å². The Balaban J connectivity index is 2.43. The fourth-order valence-electron chi connectivity index (χ4n) is 0.882. The van der Waals surface area contributed by atoms with E-state index in [4.69, 9.17) is 5.73 Å². The second-order valence-corrected chi connectivity index (χ2v) is 3.21. The van der Waals surface area contributed by atoms with E-state index in [0.717, 1.165) is 10.7 Å². The smallest absolute Gasteiger partial charge is 0.141 e. The summed E-state index contributed by atoms with van der Waals surface area (Å²) in [6.45, 7) is 0. The molecule has 0 aromatic carbocycles. The number of anilines is 1. The van der Waals surface area contributed by atoms with Crippen LogP contribution in [-0.4, -0.2) is 9.97 Å². The Morgan fingerprint density at radius 2 is 2.17 bits per heavy atom. The van der Waals surface area contributed by atoms with Gasteiger partial charge in [0.1, 0.15) is 5.01 Å². The molecule has 0 aliphatic rings. The zero-order valence-electron chi connectivity index (χ0n) is 6.27. The SMILES string of the molecule is Nc1ccc(-c2nccs2)nc1. The molecule has 0 unspecified atom stereocenters. The first-order valence-corrected chi connectivity index (χ1v) is 4.35. The lowest BCUT2D eigenvalue weighted by atomic mass is 10.3. The van der Waals surface area contributed by atoms with E-state index in [2.05, 4.69) is 9.97 Å². The lowest BCUT2D eigenvalue weighted by molar-refractivity contribution is 1.29. The van der Waals surface area contributed by atoms with Crippen molar-refractivity contribution in [3.05, 3.63) is 29.9 Å². The van der Waals surface area contributed by atoms with Crippen LogP contribution in [0.1, 0.15) is 0 Å². The lowest BCUT2D eigenvalue weighted by Gasteiger charge is -1.94. The van der Waals surface area contributed by atoms with Crippen molar-refractivity contribution in [3.8, 4) is 10.7 Å². The Labute approximate surface area is 73.9 Å². The molecule has 3 nitrogen and oxygen atoms in total. The summed E-state index contributed by atoms with van der Waals surface area (Å²) < 4.78 is 0. The standard InChI is InChI=1S/C8H7N3S/c9-6-1-2-7(11-5-6)8-10-3-4-12-8/h1-5H,9H2. The molecule has 2 aromatic rings. The van der Waals surface area contributed by atoms with Gasteiger partial charge in [0.25, 0.3) is 0 Å². The van der Waals surface area contributed by atoms with Crippen molar-refractivity contribution < 1.29 is 0 Å². The molecule has 0 fully saturated rings. The molecule has 0 radical (unpaired) electrons. The molecule has 0 saturated carbocycles. The normalized spacial score (nSPS) is 10.0. The number of hydrogen-bond donors (Lipinski definition) is 1. The molecule has 2 rings (SSSR count). The lowest BCUT2D eigenvalue weighted by Crippen LogP contribution is -1.87. The Bertz CT molecular complexity index is 352. The molecule has 0 atom stereocenters. The Morgan fingerprint density at radius 3 is 2.75 bits per heavy atom. The first kappa shape index (κ1) is 7.24. The third-order valence-corrected chi connectivity index (χ3v) is 2.23. The van der Waals surface area contributed by atoms with Crippen molar-refractivity contribution in [1.82, 2.24) is 9.97 Å². The summed E-state index contributed by atoms with van der Waals surface area (Å²) in [5.74, 6) is 0. The molecule has 12 heavy (non-hydrogen) atoms. The summed E-state index contributed by atoms with van der Waals surface area (Å²) in [5.41, 5.74) is 7.05. The van der Waals surface area contributed by atoms with E-state index >= 15 is 0 Å². The molecule has 4 heteroatoms. The van der Waals surface area contributed by atoms with Gasteiger partial charge < -0.3 is 5.73 Å². The summed E-state index contributed by atoms with van der Waals surface area (Å²) in [5, 5.41) is 2.85. The number of nitrogen functional groups attached to an aromatic ring is 1. The highest BCUT2D eigenvalue weighted by Gasteiger charge is 1.99. The monoisotopic (exact) mass is 177 g/mol. The van der Waals surface area contributed by atoms with E-state index in [0.29, 0.717) is 5.69 Å². The zero-order valence-corrected chi connectivity index (χ0v) is 7.08. The summed E-state index contributed by atoms with van der Waals surface area (Å²) in [6.07, 6.45) is 3.40. The third kappa shape index (κ3) is 1.29. The van der Waals surface area contributed by atoms with Crippen LogP contribution in [0.4, 0.5) is 5.69 Å². The molecular weight excluding hydrogens is 170 g/mol. The summed E-state index contributed by atoms with van der Waals surface area (Å²) in [7, 11) is 0. The van der Waals surface area contributed by atoms with E-state index in [-0.39, 0.29) is 0 Å². The number of aromatic nitrogens is 2. The maximum Gasteiger partial charge on any atom is 0.141 e. The molecule has 0 spiro atoms. The maximum absolute atomic E-state index is 5.50. The average molecular weight is 177 g/mol. The molecular formula is C8H7N3S. The minimum atomic E-state index is 0.676. The van der Waals surface area contributed by atoms with Gasteiger partial charge in [0.15, 0.2) is 0 Å². The van der Waals surface area contributed by atoms with Gasteiger partial charge in [-0.1, -0.05) is 0 Å². The molecule has 2 N–H and O–H groups in total. The molecule has 2 aromatic heterocycles. The van der Waals surface area contributed by atoms with E-state index in [1.807, 2.05) is 17.5 Å². The first-order valence-electron chi connectivity index (χ1n) is 3.47. The van der Waals surface area contributed by atoms with E-state index < -0.39 is 0 Å². The summed E-state index contributed by atoms with van der Waals surface area (Å²) in [6, 6.07) is 3.69. The van der Waals surface area contributed by atoms with Gasteiger partial charge in [0, 0.05) is 11.6 Å². The Hall–Kier alpha value is -1.42. The van der Waals surface area contributed by atoms with Gasteiger partial charge >= 0.3 is 0 Å². The van der Waals surface area contributed by atoms with Crippen LogP contribution in [0.5, 0.6) is 0 Å². The van der Waals surface area contributed by atoms with Crippen LogP contribution < -0.4 is 5.73 Å². The fourth-order valence-corrected chi connectivity index (χ4v) is 1.50. The van der Waals surface area contributed by atoms with Crippen LogP contribution in [0, 0.1) is 0 Å². The van der Waals surface area contributed by atoms with Crippen LogP contribution in [0.2, 0.25) is 0 Å². The van der Waals surface area contributed by atoms with Crippen LogP contribution in [0.25, 0.3) is 10.7 Å². The minimum Gasteiger partial charge on any atom is -0.397 e. The van der Waals surface area contributed by atoms with Crippen molar-refractivity contribution in [3.63, 3.8) is 0 Å². The second kappa shape index (κ2) is 2.91. The van der Waals surface area contributed by atoms with Gasteiger partial charge in [0.2, 0.25) is 0 Å². The second-order valence-electron chi connectivity index (χ2n) is 2.31. The third-order valence-electron chi connectivity index (χ3n) is 1.44. The van der Waals surface area contributed by atoms with Crippen molar-refractivity contribution in [2.45, 2.75) is 0 Å². The van der Waals surface area contributed by atoms with Crippen molar-refractivity contribution in [2.75, 3.05) is 5.73 Å². The van der Waals surface area contributed by atoms with Gasteiger partial charge in [-0.3, -0.25) is 4.98 Å². The highest BCUT2D eigenvalue weighted by atomic mass is 32.1. The molecule has 60 valence electrons. The summed E-state index contributed by atoms with van der Waals surface area (Å²) in [4.78, 5) is 8.28. The van der Waals surface area contributed by atoms with Crippen LogP contribution in [0.15, 0.2) is 29.9 Å². The first-order chi connectivity index (χ1) is 5.86. The number of hydrogen-bond acceptors (Lipinski definition) is 4. The number of pyridine rings is 1. The zero-order chi connectivity index (χ0) is 8.39. The highest BCUT2D eigenvalue weighted by molar-refractivity contribution is 7.13. The molecule has 0 bridgehead atoms. The molecule has 2 heterocycles. The van der Waals surface area contributed by atoms with E-state index in [9.17, 15) is 0 Å². The number of thiazole rings is 1. The predicted molar refractivity (Wildman–Crippen MR) is 49.8 cm³/mol. The number of nitrogens with two attached hydrogens (primary N) is 1. The molecule has 0 amide bonds. The average Bonchev–Trinajstić information content (AvgIpc) is 2.58. The molecule has 0 saturated heterocycles. The topological polar surface area (TPSA) is 51.8 Å². The van der Waals surface area contributed by atoms with E-state index in [1.165, 1.54) is 0 Å². The maximum atomic E-state index is 5.50. The van der Waals surface area contributed by atoms with Gasteiger partial charge in [-0.25, -0.2) is 4.98 Å². The predicted octanol–water partition coefficient (Wildman–Crippen LogP) is 1.79. The summed E-state index contributed by atoms with van der Waals surface area (Å²) >= 11 is 1.57. The van der Waals surface area contributed by atoms with Crippen LogP contribution in [0.3, 0.4) is 0 Å². The largest absolute Gasteiger partial charge is 0.397 e. The van der Waals surface area contributed by atoms with Crippen molar-refractivity contribution in [1.29, 1.82) is 0 Å². The quantitative estimate of drug-likeness (QED) is 0.722. The van der Waals surface area contributed by atoms with Gasteiger partial charge in [-0.05, 0) is 12.1 Å². The van der Waals surface area contributed by atoms with E-state index in [1.54, 1.807) is 23.7 Å². The Kier molecular flexibility index (Phi) is 1.75. The fraction of sp³-hybridized carbons (Fsp3) is 0. The molecule has 0 aliphatic carbocycles. The highest BCUT2D eigenvalue weighted by Crippen LogP contribution is 2.19. The van der Waals surface area contributed by atoms with Gasteiger partial charge in [-0.2, -0.15) is 0 Å². The Morgan fingerprint density at radius 1 is 1.25 bits per heavy atom. The van der Waals surface area contributed by atoms with Crippen LogP contribution in [-0.2, 0) is 0 Å². The van der Waals surface area contributed by atoms with Gasteiger partial charge in [0.05, 0.1) is 17.6 Å². The number of nitrogens with zero attached hydrogens (tertiary/aromatic N) is 2. The van der Waals surface area contributed by atoms with Crippen molar-refractivity contribution in [2.24, 2.45) is 0 Å². The van der Waals surface area contributed by atoms with Crippen LogP contribution >= 0.6 is 11.3 Å².